The molecule has 2 N–H and O–H groups in total. The van der Waals surface area contributed by atoms with E-state index in [0.29, 0.717) is 11.6 Å². The number of imidazole rings is 1. The van der Waals surface area contributed by atoms with Crippen LogP contribution in [0.15, 0.2) is 30.7 Å². The molecule has 2 heterocycles. The summed E-state index contributed by atoms with van der Waals surface area (Å²) in [5, 5.41) is 11.7. The third-order valence-corrected chi connectivity index (χ3v) is 5.59. The second kappa shape index (κ2) is 8.10. The summed E-state index contributed by atoms with van der Waals surface area (Å²) in [4.78, 5) is 31.8. The van der Waals surface area contributed by atoms with Crippen molar-refractivity contribution < 1.29 is 14.5 Å². The standard InChI is InChI=1S/C21H23N5O4/c1-2-30-21(27)15-11-23-19(20(18(15)22)26(28)29)13-8-9-17-16(10-13)24-12-25(17)14-6-4-3-5-7-14/h8-12,14H,2-7H2,1H3,(H2,22,23). The van der Waals surface area contributed by atoms with Crippen molar-refractivity contribution in [2.24, 2.45) is 0 Å². The summed E-state index contributed by atoms with van der Waals surface area (Å²) in [6.45, 7) is 1.78. The minimum atomic E-state index is -0.737. The molecule has 0 aliphatic heterocycles. The number of hydrogen-bond donors (Lipinski definition) is 1. The van der Waals surface area contributed by atoms with Gasteiger partial charge in [-0.05, 0) is 31.9 Å². The Labute approximate surface area is 173 Å². The minimum Gasteiger partial charge on any atom is -0.462 e. The normalized spacial score (nSPS) is 14.7. The maximum atomic E-state index is 12.0. The molecule has 1 fully saturated rings. The number of carbonyl (C=O) groups is 1. The molecule has 1 aliphatic rings. The molecule has 9 heteroatoms. The number of nitrogens with zero attached hydrogens (tertiary/aromatic N) is 4. The predicted octanol–water partition coefficient (Wildman–Crippen LogP) is 4.27. The number of ether oxygens (including phenoxy) is 1. The molecule has 1 aliphatic carbocycles. The Bertz CT molecular complexity index is 1120. The zero-order valence-electron chi connectivity index (χ0n) is 16.7. The maximum Gasteiger partial charge on any atom is 0.342 e. The number of pyridine rings is 1. The van der Waals surface area contributed by atoms with E-state index in [4.69, 9.17) is 10.5 Å². The molecule has 1 aromatic carbocycles. The molecule has 156 valence electrons. The number of benzene rings is 1. The van der Waals surface area contributed by atoms with Crippen LogP contribution >= 0.6 is 0 Å². The zero-order chi connectivity index (χ0) is 21.3. The number of rotatable bonds is 5. The van der Waals surface area contributed by atoms with Gasteiger partial charge in [0, 0.05) is 17.8 Å². The molecular formula is C21H23N5O4. The highest BCUT2D eigenvalue weighted by molar-refractivity contribution is 5.99. The Morgan fingerprint density at radius 1 is 1.30 bits per heavy atom. The lowest BCUT2D eigenvalue weighted by Crippen LogP contribution is -2.12. The van der Waals surface area contributed by atoms with Gasteiger partial charge in [0.25, 0.3) is 0 Å². The summed E-state index contributed by atoms with van der Waals surface area (Å²) in [6, 6.07) is 5.89. The van der Waals surface area contributed by atoms with Crippen LogP contribution in [0.3, 0.4) is 0 Å². The maximum absolute atomic E-state index is 12.0. The number of anilines is 1. The van der Waals surface area contributed by atoms with Crippen molar-refractivity contribution in [1.82, 2.24) is 14.5 Å². The first-order chi connectivity index (χ1) is 14.5. The molecule has 0 saturated heterocycles. The molecular weight excluding hydrogens is 386 g/mol. The highest BCUT2D eigenvalue weighted by Gasteiger charge is 2.27. The minimum absolute atomic E-state index is 0.0969. The molecule has 9 nitrogen and oxygen atoms in total. The van der Waals surface area contributed by atoms with Gasteiger partial charge in [-0.15, -0.1) is 0 Å². The summed E-state index contributed by atoms with van der Waals surface area (Å²) in [7, 11) is 0. The van der Waals surface area contributed by atoms with E-state index in [1.807, 2.05) is 12.4 Å². The SMILES string of the molecule is CCOC(=O)c1cnc(-c2ccc3c(c2)ncn3C2CCCCC2)c([N+](=O)[O-])c1N. The van der Waals surface area contributed by atoms with Crippen molar-refractivity contribution >= 4 is 28.4 Å². The number of hydrogen-bond acceptors (Lipinski definition) is 7. The third-order valence-electron chi connectivity index (χ3n) is 5.59. The quantitative estimate of drug-likeness (QED) is 0.379. The number of nitrogen functional groups attached to an aromatic ring is 1. The van der Waals surface area contributed by atoms with E-state index in [1.54, 1.807) is 19.1 Å². The van der Waals surface area contributed by atoms with E-state index in [-0.39, 0.29) is 23.6 Å². The second-order valence-electron chi connectivity index (χ2n) is 7.41. The number of aromatic nitrogens is 3. The van der Waals surface area contributed by atoms with Gasteiger partial charge in [-0.3, -0.25) is 10.1 Å². The van der Waals surface area contributed by atoms with E-state index in [0.717, 1.165) is 23.9 Å². The fraction of sp³-hybridized carbons (Fsp3) is 0.381. The van der Waals surface area contributed by atoms with Gasteiger partial charge in [0.1, 0.15) is 11.3 Å². The van der Waals surface area contributed by atoms with Crippen molar-refractivity contribution in [3.8, 4) is 11.3 Å². The molecule has 0 bridgehead atoms. The number of nitro groups is 1. The van der Waals surface area contributed by atoms with E-state index in [9.17, 15) is 14.9 Å². The van der Waals surface area contributed by atoms with Crippen molar-refractivity contribution in [1.29, 1.82) is 0 Å². The molecule has 0 atom stereocenters. The molecule has 2 aromatic heterocycles. The fourth-order valence-electron chi connectivity index (χ4n) is 4.11. The van der Waals surface area contributed by atoms with Crippen LogP contribution in [0.1, 0.15) is 55.4 Å². The van der Waals surface area contributed by atoms with E-state index in [1.165, 1.54) is 25.5 Å². The van der Waals surface area contributed by atoms with E-state index >= 15 is 0 Å². The first kappa shape index (κ1) is 19.8. The van der Waals surface area contributed by atoms with Gasteiger partial charge in [-0.2, -0.15) is 0 Å². The highest BCUT2D eigenvalue weighted by Crippen LogP contribution is 2.37. The lowest BCUT2D eigenvalue weighted by molar-refractivity contribution is -0.383. The Kier molecular flexibility index (Phi) is 5.35. The van der Waals surface area contributed by atoms with Crippen LogP contribution in [0.5, 0.6) is 0 Å². The van der Waals surface area contributed by atoms with Crippen molar-refractivity contribution in [2.45, 2.75) is 45.1 Å². The highest BCUT2D eigenvalue weighted by atomic mass is 16.6. The number of carbonyl (C=O) groups excluding carboxylic acids is 1. The fourth-order valence-corrected chi connectivity index (χ4v) is 4.11. The van der Waals surface area contributed by atoms with Crippen LogP contribution in [0.2, 0.25) is 0 Å². The number of fused-ring (bicyclic) bond motifs is 1. The number of esters is 1. The van der Waals surface area contributed by atoms with Gasteiger partial charge in [0.05, 0.1) is 28.9 Å². The monoisotopic (exact) mass is 409 g/mol. The average molecular weight is 409 g/mol. The van der Waals surface area contributed by atoms with Crippen molar-refractivity contribution in [3.63, 3.8) is 0 Å². The van der Waals surface area contributed by atoms with E-state index < -0.39 is 16.6 Å². The van der Waals surface area contributed by atoms with Gasteiger partial charge < -0.3 is 15.0 Å². The van der Waals surface area contributed by atoms with Gasteiger partial charge in [0.2, 0.25) is 0 Å². The summed E-state index contributed by atoms with van der Waals surface area (Å²) in [6.07, 6.45) is 9.02. The zero-order valence-corrected chi connectivity index (χ0v) is 16.7. The molecule has 0 amide bonds. The van der Waals surface area contributed by atoms with Crippen molar-refractivity contribution in [3.05, 3.63) is 46.4 Å². The molecule has 3 aromatic rings. The third kappa shape index (κ3) is 3.47. The second-order valence-corrected chi connectivity index (χ2v) is 7.41. The lowest BCUT2D eigenvalue weighted by atomic mass is 9.95. The van der Waals surface area contributed by atoms with Gasteiger partial charge in [0.15, 0.2) is 5.69 Å². The molecule has 0 spiro atoms. The van der Waals surface area contributed by atoms with E-state index in [2.05, 4.69) is 14.5 Å². The smallest absolute Gasteiger partial charge is 0.342 e. The van der Waals surface area contributed by atoms with Crippen LogP contribution < -0.4 is 5.73 Å². The largest absolute Gasteiger partial charge is 0.462 e. The molecule has 0 radical (unpaired) electrons. The molecule has 4 rings (SSSR count). The Morgan fingerprint density at radius 2 is 2.07 bits per heavy atom. The van der Waals surface area contributed by atoms with Crippen LogP contribution in [0.4, 0.5) is 11.4 Å². The summed E-state index contributed by atoms with van der Waals surface area (Å²) in [5.74, 6) is -0.737. The summed E-state index contributed by atoms with van der Waals surface area (Å²) in [5.41, 5.74) is 7.53. The average Bonchev–Trinajstić information content (AvgIpc) is 3.17. The Morgan fingerprint density at radius 3 is 2.77 bits per heavy atom. The first-order valence-corrected chi connectivity index (χ1v) is 10.1. The predicted molar refractivity (Wildman–Crippen MR) is 112 cm³/mol. The van der Waals surface area contributed by atoms with Crippen LogP contribution in [0, 0.1) is 10.1 Å². The van der Waals surface area contributed by atoms with Crippen molar-refractivity contribution in [2.75, 3.05) is 12.3 Å². The first-order valence-electron chi connectivity index (χ1n) is 10.1. The summed E-state index contributed by atoms with van der Waals surface area (Å²) < 4.78 is 7.11. The van der Waals surface area contributed by atoms with Crippen LogP contribution in [0.25, 0.3) is 22.3 Å². The molecule has 30 heavy (non-hydrogen) atoms. The lowest BCUT2D eigenvalue weighted by Gasteiger charge is -2.23. The molecule has 1 saturated carbocycles. The van der Waals surface area contributed by atoms with Gasteiger partial charge in [-0.1, -0.05) is 25.3 Å². The number of nitrogens with two attached hydrogens (primary N) is 1. The van der Waals surface area contributed by atoms with Gasteiger partial charge >= 0.3 is 11.7 Å². The van der Waals surface area contributed by atoms with Gasteiger partial charge in [-0.25, -0.2) is 14.8 Å². The molecule has 0 unspecified atom stereocenters. The Balaban J connectivity index is 1.77. The summed E-state index contributed by atoms with van der Waals surface area (Å²) >= 11 is 0. The van der Waals surface area contributed by atoms with Crippen LogP contribution in [-0.4, -0.2) is 32.0 Å². The van der Waals surface area contributed by atoms with Crippen LogP contribution in [-0.2, 0) is 4.74 Å². The Hall–Kier alpha value is -3.49. The topological polar surface area (TPSA) is 126 Å².